The van der Waals surface area contributed by atoms with Crippen LogP contribution in [0.4, 0.5) is 5.69 Å². The van der Waals surface area contributed by atoms with Crippen molar-refractivity contribution in [2.24, 2.45) is 11.8 Å². The van der Waals surface area contributed by atoms with E-state index in [-0.39, 0.29) is 46.2 Å². The largest absolute Gasteiger partial charge is 0.504 e. The molecule has 0 bridgehead atoms. The fourth-order valence-electron chi connectivity index (χ4n) is 4.68. The first-order chi connectivity index (χ1) is 15.1. The second-order valence-corrected chi connectivity index (χ2v) is 9.74. The first-order valence-electron chi connectivity index (χ1n) is 10.3. The van der Waals surface area contributed by atoms with Gasteiger partial charge in [-0.05, 0) is 25.5 Å². The van der Waals surface area contributed by atoms with E-state index in [1.165, 1.54) is 41.8 Å². The Labute approximate surface area is 188 Å². The van der Waals surface area contributed by atoms with Crippen LogP contribution >= 0.6 is 11.8 Å². The summed E-state index contributed by atoms with van der Waals surface area (Å²) < 4.78 is 0. The topological polar surface area (TPSA) is 159 Å². The molecular weight excluding hydrogens is 438 g/mol. The number of carboxylic acid groups (broad SMARTS) is 1. The summed E-state index contributed by atoms with van der Waals surface area (Å²) in [6, 6.07) is 3.11. The van der Waals surface area contributed by atoms with E-state index in [0.717, 1.165) is 0 Å². The van der Waals surface area contributed by atoms with E-state index in [9.17, 15) is 34.8 Å². The number of rotatable bonds is 6. The number of anilines is 1. The maximum atomic E-state index is 12.6. The fourth-order valence-corrected chi connectivity index (χ4v) is 6.16. The smallest absolute Gasteiger partial charge is 0.353 e. The Balaban J connectivity index is 1.43. The summed E-state index contributed by atoms with van der Waals surface area (Å²) >= 11 is 1.36. The standard InChI is InChI=1S/C21H25N3O7S/c1-8-16-15(9(2)25)20(29)24(16)17(21(30)31)18(8)32-11-6-12(22-7-11)19(28)23-10-3-4-13(26)14(27)5-10/h3-5,8-9,11-12,15-16,22,25-27H,6-7H2,1-2H3,(H,23,28)(H,30,31)/t8-,9-,11+,12+,15-,16-/m1/s1. The molecule has 0 radical (unpaired) electrons. The SMILES string of the molecule is C[C@@H](O)[C@H]1C(=O)N2C(C(=O)O)=C(S[C@@H]3CN[C@H](C(=O)Nc4ccc(O)c(O)c4)C3)[C@H](C)[C@H]12. The van der Waals surface area contributed by atoms with Crippen LogP contribution in [-0.2, 0) is 14.4 Å². The predicted octanol–water partition coefficient (Wildman–Crippen LogP) is 0.654. The highest BCUT2D eigenvalue weighted by molar-refractivity contribution is 8.03. The van der Waals surface area contributed by atoms with E-state index in [4.69, 9.17) is 0 Å². The normalized spacial score (nSPS) is 30.2. The van der Waals surface area contributed by atoms with Crippen molar-refractivity contribution in [2.75, 3.05) is 11.9 Å². The number of nitrogens with zero attached hydrogens (tertiary/aromatic N) is 1. The van der Waals surface area contributed by atoms with Gasteiger partial charge in [0.1, 0.15) is 5.70 Å². The Bertz CT molecular complexity index is 1010. The van der Waals surface area contributed by atoms with Gasteiger partial charge in [0.25, 0.3) is 0 Å². The number of carbonyl (C=O) groups is 3. The number of phenolic OH excluding ortho intramolecular Hbond substituents is 2. The molecule has 2 saturated heterocycles. The summed E-state index contributed by atoms with van der Waals surface area (Å²) in [4.78, 5) is 38.8. The number of aliphatic hydroxyl groups is 1. The van der Waals surface area contributed by atoms with Gasteiger partial charge in [-0.2, -0.15) is 0 Å². The Hall–Kier alpha value is -2.76. The minimum absolute atomic E-state index is 0.0260. The third-order valence-corrected chi connectivity index (χ3v) is 7.77. The van der Waals surface area contributed by atoms with Crippen LogP contribution < -0.4 is 10.6 Å². The van der Waals surface area contributed by atoms with Crippen LogP contribution in [0.15, 0.2) is 28.8 Å². The lowest BCUT2D eigenvalue weighted by Gasteiger charge is -2.46. The number of thioether (sulfide) groups is 1. The summed E-state index contributed by atoms with van der Waals surface area (Å²) in [5, 5.41) is 44.4. The van der Waals surface area contributed by atoms with E-state index in [0.29, 0.717) is 23.6 Å². The molecule has 0 saturated carbocycles. The summed E-state index contributed by atoms with van der Waals surface area (Å²) in [7, 11) is 0. The average Bonchev–Trinajstić information content (AvgIpc) is 3.27. The number of phenols is 2. The zero-order valence-electron chi connectivity index (χ0n) is 17.5. The lowest BCUT2D eigenvalue weighted by atomic mass is 9.79. The van der Waals surface area contributed by atoms with Crippen molar-refractivity contribution in [3.05, 3.63) is 28.8 Å². The number of aliphatic carboxylic acids is 1. The van der Waals surface area contributed by atoms with E-state index < -0.39 is 24.0 Å². The highest BCUT2D eigenvalue weighted by Gasteiger charge is 2.60. The molecular formula is C21H25N3O7S. The molecule has 1 aromatic carbocycles. The molecule has 2 fully saturated rings. The molecule has 0 aliphatic carbocycles. The van der Waals surface area contributed by atoms with Crippen molar-refractivity contribution in [1.29, 1.82) is 0 Å². The van der Waals surface area contributed by atoms with Crippen molar-refractivity contribution in [2.45, 2.75) is 43.7 Å². The van der Waals surface area contributed by atoms with Crippen molar-refractivity contribution in [3.8, 4) is 11.5 Å². The van der Waals surface area contributed by atoms with Gasteiger partial charge >= 0.3 is 5.97 Å². The van der Waals surface area contributed by atoms with Crippen molar-refractivity contribution in [1.82, 2.24) is 10.2 Å². The van der Waals surface area contributed by atoms with Gasteiger partial charge in [-0.15, -0.1) is 11.8 Å². The van der Waals surface area contributed by atoms with Crippen molar-refractivity contribution >= 4 is 35.2 Å². The minimum Gasteiger partial charge on any atom is -0.504 e. The Kier molecular flexibility index (Phi) is 5.82. The molecule has 10 nitrogen and oxygen atoms in total. The number of hydrogen-bond donors (Lipinski definition) is 6. The second-order valence-electron chi connectivity index (χ2n) is 8.40. The average molecular weight is 464 g/mol. The third-order valence-electron chi connectivity index (χ3n) is 6.25. The molecule has 11 heteroatoms. The van der Waals surface area contributed by atoms with E-state index >= 15 is 0 Å². The quantitative estimate of drug-likeness (QED) is 0.202. The van der Waals surface area contributed by atoms with Crippen LogP contribution in [0.25, 0.3) is 0 Å². The first kappa shape index (κ1) is 22.4. The maximum absolute atomic E-state index is 12.6. The summed E-state index contributed by atoms with van der Waals surface area (Å²) in [6.07, 6.45) is -0.409. The second kappa shape index (κ2) is 8.30. The molecule has 0 aromatic heterocycles. The molecule has 3 aliphatic rings. The fraction of sp³-hybridized carbons (Fsp3) is 0.476. The van der Waals surface area contributed by atoms with Crippen LogP contribution in [0.2, 0.25) is 0 Å². The number of benzene rings is 1. The lowest BCUT2D eigenvalue weighted by Crippen LogP contribution is -2.63. The van der Waals surface area contributed by atoms with E-state index in [1.54, 1.807) is 0 Å². The number of carbonyl (C=O) groups excluding carboxylic acids is 2. The van der Waals surface area contributed by atoms with Crippen molar-refractivity contribution in [3.63, 3.8) is 0 Å². The van der Waals surface area contributed by atoms with E-state index in [2.05, 4.69) is 10.6 Å². The molecule has 0 unspecified atom stereocenters. The molecule has 1 aromatic rings. The maximum Gasteiger partial charge on any atom is 0.353 e. The molecule has 4 rings (SSSR count). The van der Waals surface area contributed by atoms with Gasteiger partial charge in [0.15, 0.2) is 11.5 Å². The number of β-lactam (4-membered cyclic amide) rings is 1. The molecule has 172 valence electrons. The number of hydrogen-bond acceptors (Lipinski definition) is 8. The van der Waals surface area contributed by atoms with Gasteiger partial charge in [0.05, 0.1) is 24.1 Å². The highest BCUT2D eigenvalue weighted by Crippen LogP contribution is 2.51. The number of aliphatic hydroxyl groups excluding tert-OH is 1. The van der Waals surface area contributed by atoms with Crippen LogP contribution in [0.3, 0.4) is 0 Å². The number of amides is 2. The summed E-state index contributed by atoms with van der Waals surface area (Å²) in [5.74, 6) is -3.31. The van der Waals surface area contributed by atoms with Gasteiger partial charge in [-0.1, -0.05) is 6.92 Å². The molecule has 6 atom stereocenters. The number of fused-ring (bicyclic) bond motifs is 1. The van der Waals surface area contributed by atoms with Gasteiger partial charge in [-0.3, -0.25) is 9.59 Å². The molecule has 3 aliphatic heterocycles. The number of carboxylic acids is 1. The summed E-state index contributed by atoms with van der Waals surface area (Å²) in [6.45, 7) is 3.88. The van der Waals surface area contributed by atoms with E-state index in [1.807, 2.05) is 6.92 Å². The van der Waals surface area contributed by atoms with Crippen molar-refractivity contribution < 1.29 is 34.8 Å². The minimum atomic E-state index is -1.17. The van der Waals surface area contributed by atoms with Crippen LogP contribution in [0, 0.1) is 11.8 Å². The highest BCUT2D eigenvalue weighted by atomic mass is 32.2. The molecule has 3 heterocycles. The predicted molar refractivity (Wildman–Crippen MR) is 116 cm³/mol. The van der Waals surface area contributed by atoms with Gasteiger partial charge in [0, 0.05) is 34.4 Å². The van der Waals surface area contributed by atoms with Gasteiger partial charge in [-0.25, -0.2) is 4.79 Å². The van der Waals surface area contributed by atoms with Crippen LogP contribution in [0.5, 0.6) is 11.5 Å². The van der Waals surface area contributed by atoms with Crippen LogP contribution in [0.1, 0.15) is 20.3 Å². The first-order valence-corrected chi connectivity index (χ1v) is 11.2. The molecule has 32 heavy (non-hydrogen) atoms. The lowest BCUT2D eigenvalue weighted by molar-refractivity contribution is -0.163. The number of nitrogens with one attached hydrogen (secondary N) is 2. The Morgan fingerprint density at radius 1 is 1.28 bits per heavy atom. The monoisotopic (exact) mass is 463 g/mol. The third kappa shape index (κ3) is 3.70. The zero-order valence-corrected chi connectivity index (χ0v) is 18.3. The Morgan fingerprint density at radius 3 is 2.62 bits per heavy atom. The zero-order chi connectivity index (χ0) is 23.3. The molecule has 6 N–H and O–H groups in total. The van der Waals surface area contributed by atoms with Gasteiger partial charge < -0.3 is 36.0 Å². The Morgan fingerprint density at radius 2 is 2.00 bits per heavy atom. The summed E-state index contributed by atoms with van der Waals surface area (Å²) in [5.41, 5.74) is 0.317. The molecule has 0 spiro atoms. The van der Waals surface area contributed by atoms with Gasteiger partial charge in [0.2, 0.25) is 11.8 Å². The number of aromatic hydroxyl groups is 2. The molecule has 2 amide bonds. The van der Waals surface area contributed by atoms with Crippen LogP contribution in [-0.4, -0.2) is 73.1 Å².